The van der Waals surface area contributed by atoms with Crippen molar-refractivity contribution < 1.29 is 0 Å². The molecule has 1 aliphatic rings. The van der Waals surface area contributed by atoms with Crippen molar-refractivity contribution in [2.45, 2.75) is 4.46 Å². The van der Waals surface area contributed by atoms with E-state index in [4.69, 9.17) is 23.2 Å². The van der Waals surface area contributed by atoms with Gasteiger partial charge in [-0.3, -0.25) is 0 Å². The Hall–Kier alpha value is -0.250. The minimum atomic E-state index is -1.00. The van der Waals surface area contributed by atoms with Gasteiger partial charge in [-0.05, 0) is 11.4 Å². The number of alkyl halides is 2. The largest absolute Gasteiger partial charge is 0.341 e. The van der Waals surface area contributed by atoms with E-state index in [9.17, 15) is 0 Å². The number of aliphatic imine (C=N–C) groups is 1. The fraction of sp³-hybridized carbons (Fsp3) is 0.167. The molecule has 1 aliphatic heterocycles. The van der Waals surface area contributed by atoms with Gasteiger partial charge < -0.3 is 5.32 Å². The third-order valence-corrected chi connectivity index (χ3v) is 2.86. The summed E-state index contributed by atoms with van der Waals surface area (Å²) in [5, 5.41) is 5.53. The molecule has 0 radical (unpaired) electrons. The van der Waals surface area contributed by atoms with E-state index in [-0.39, 0.29) is 0 Å². The molecule has 0 spiro atoms. The molecule has 11 heavy (non-hydrogen) atoms. The summed E-state index contributed by atoms with van der Waals surface area (Å²) in [5.41, 5.74) is 0.827. The summed E-state index contributed by atoms with van der Waals surface area (Å²) >= 11 is 13.3. The number of nitrogens with one attached hydrogen (secondary N) is 1. The number of halogens is 2. The van der Waals surface area contributed by atoms with E-state index in [2.05, 4.69) is 10.3 Å². The van der Waals surface area contributed by atoms with E-state index in [1.165, 1.54) is 17.7 Å². The van der Waals surface area contributed by atoms with Crippen LogP contribution >= 0.6 is 34.5 Å². The number of rotatable bonds is 0. The maximum absolute atomic E-state index is 5.91. The number of fused-ring (bicyclic) bond motifs is 1. The van der Waals surface area contributed by atoms with Crippen molar-refractivity contribution in [3.63, 3.8) is 0 Å². The highest BCUT2D eigenvalue weighted by atomic mass is 35.5. The predicted molar refractivity (Wildman–Crippen MR) is 49.0 cm³/mol. The van der Waals surface area contributed by atoms with Gasteiger partial charge in [0.2, 0.25) is 4.46 Å². The maximum atomic E-state index is 5.91. The fourth-order valence-electron chi connectivity index (χ4n) is 0.890. The van der Waals surface area contributed by atoms with E-state index in [0.717, 1.165) is 10.6 Å². The summed E-state index contributed by atoms with van der Waals surface area (Å²) in [6.45, 7) is 0. The molecule has 1 N–H and O–H groups in total. The normalized spacial score (nSPS) is 19.1. The Morgan fingerprint density at radius 2 is 2.36 bits per heavy atom. The molecule has 1 aromatic heterocycles. The van der Waals surface area contributed by atoms with Crippen molar-refractivity contribution in [2.75, 3.05) is 0 Å². The lowest BCUT2D eigenvalue weighted by atomic mass is 10.3. The Labute approximate surface area is 77.8 Å². The lowest BCUT2D eigenvalue weighted by molar-refractivity contribution is 0.795. The summed E-state index contributed by atoms with van der Waals surface area (Å²) < 4.78 is -1.00. The quantitative estimate of drug-likeness (QED) is 0.513. The minimum absolute atomic E-state index is 0.827. The summed E-state index contributed by atoms with van der Waals surface area (Å²) in [4.78, 5) is 4.06. The molecule has 0 atom stereocenters. The average molecular weight is 207 g/mol. The van der Waals surface area contributed by atoms with Gasteiger partial charge in [-0.2, -0.15) is 0 Å². The number of hydrogen-bond acceptors (Lipinski definition) is 3. The molecule has 2 nitrogen and oxygen atoms in total. The van der Waals surface area contributed by atoms with Gasteiger partial charge in [0, 0.05) is 5.56 Å². The van der Waals surface area contributed by atoms with E-state index < -0.39 is 4.46 Å². The van der Waals surface area contributed by atoms with Crippen LogP contribution in [0.4, 0.5) is 5.00 Å². The van der Waals surface area contributed by atoms with Gasteiger partial charge >= 0.3 is 0 Å². The zero-order valence-corrected chi connectivity index (χ0v) is 7.67. The first kappa shape index (κ1) is 7.40. The molecule has 0 bridgehead atoms. The summed E-state index contributed by atoms with van der Waals surface area (Å²) in [6, 6.07) is 1.86. The van der Waals surface area contributed by atoms with Gasteiger partial charge in [0.25, 0.3) is 0 Å². The molecule has 1 aromatic rings. The van der Waals surface area contributed by atoms with Crippen LogP contribution in [0, 0.1) is 0 Å². The molecule has 5 heteroatoms. The second kappa shape index (κ2) is 2.37. The average Bonchev–Trinajstić information content (AvgIpc) is 2.34. The van der Waals surface area contributed by atoms with E-state index >= 15 is 0 Å². The van der Waals surface area contributed by atoms with Crippen LogP contribution in [0.25, 0.3) is 0 Å². The van der Waals surface area contributed by atoms with Crippen LogP contribution in [0.2, 0.25) is 0 Å². The van der Waals surface area contributed by atoms with Crippen molar-refractivity contribution in [2.24, 2.45) is 4.99 Å². The minimum Gasteiger partial charge on any atom is -0.341 e. The molecular weight excluding hydrogens is 203 g/mol. The van der Waals surface area contributed by atoms with Crippen molar-refractivity contribution in [1.82, 2.24) is 5.32 Å². The van der Waals surface area contributed by atoms with E-state index in [0.29, 0.717) is 0 Å². The van der Waals surface area contributed by atoms with Gasteiger partial charge in [-0.15, -0.1) is 11.3 Å². The Morgan fingerprint density at radius 3 is 3.09 bits per heavy atom. The lowest BCUT2D eigenvalue weighted by Gasteiger charge is -2.22. The van der Waals surface area contributed by atoms with Crippen LogP contribution in [0.1, 0.15) is 5.56 Å². The third kappa shape index (κ3) is 1.13. The van der Waals surface area contributed by atoms with Gasteiger partial charge in [0.1, 0.15) is 5.00 Å². The zero-order chi connectivity index (χ0) is 7.90. The van der Waals surface area contributed by atoms with Crippen molar-refractivity contribution in [1.29, 1.82) is 0 Å². The van der Waals surface area contributed by atoms with Crippen LogP contribution in [0.15, 0.2) is 16.4 Å². The molecule has 0 aliphatic carbocycles. The molecule has 0 unspecified atom stereocenters. The molecule has 2 heterocycles. The first-order valence-corrected chi connectivity index (χ1v) is 4.60. The molecule has 0 fully saturated rings. The Bertz CT molecular complexity index is 305. The zero-order valence-electron chi connectivity index (χ0n) is 5.34. The molecule has 0 saturated carbocycles. The van der Waals surface area contributed by atoms with Crippen molar-refractivity contribution in [3.05, 3.63) is 17.0 Å². The number of nitrogens with zero attached hydrogens (tertiary/aromatic N) is 1. The maximum Gasteiger partial charge on any atom is 0.217 e. The summed E-state index contributed by atoms with van der Waals surface area (Å²) in [7, 11) is 0. The first-order chi connectivity index (χ1) is 5.20. The van der Waals surface area contributed by atoms with E-state index in [1.807, 2.05) is 11.4 Å². The molecule has 0 saturated heterocycles. The highest BCUT2D eigenvalue weighted by molar-refractivity contribution is 7.14. The molecule has 2 rings (SSSR count). The predicted octanol–water partition coefficient (Wildman–Crippen LogP) is 2.60. The van der Waals surface area contributed by atoms with Gasteiger partial charge in [-0.25, -0.2) is 4.99 Å². The van der Waals surface area contributed by atoms with Crippen molar-refractivity contribution in [3.8, 4) is 0 Å². The highest BCUT2D eigenvalue weighted by Gasteiger charge is 2.31. The van der Waals surface area contributed by atoms with Crippen LogP contribution in [0.5, 0.6) is 0 Å². The Morgan fingerprint density at radius 1 is 1.55 bits per heavy atom. The Balaban J connectivity index is 2.58. The van der Waals surface area contributed by atoms with Crippen molar-refractivity contribution >= 4 is 45.9 Å². The van der Waals surface area contributed by atoms with Crippen LogP contribution in [-0.4, -0.2) is 6.34 Å². The molecule has 0 amide bonds. The third-order valence-electron chi connectivity index (χ3n) is 1.41. The number of thiophene rings is 1. The second-order valence-electron chi connectivity index (χ2n) is 2.12. The first-order valence-electron chi connectivity index (χ1n) is 2.96. The second-order valence-corrected chi connectivity index (χ2v) is 4.34. The van der Waals surface area contributed by atoms with E-state index in [1.54, 1.807) is 0 Å². The fourth-order valence-corrected chi connectivity index (χ4v) is 2.20. The molecule has 0 aromatic carbocycles. The summed E-state index contributed by atoms with van der Waals surface area (Å²) in [5.74, 6) is 0. The van der Waals surface area contributed by atoms with Gasteiger partial charge in [-0.1, -0.05) is 23.2 Å². The summed E-state index contributed by atoms with van der Waals surface area (Å²) in [6.07, 6.45) is 1.51. The van der Waals surface area contributed by atoms with Crippen LogP contribution in [0.3, 0.4) is 0 Å². The lowest BCUT2D eigenvalue weighted by Crippen LogP contribution is -2.32. The SMILES string of the molecule is ClC1(Cl)NC=Nc2sccc21. The van der Waals surface area contributed by atoms with Crippen LogP contribution < -0.4 is 5.32 Å². The van der Waals surface area contributed by atoms with Crippen LogP contribution in [-0.2, 0) is 4.46 Å². The Kier molecular flexibility index (Phi) is 1.59. The van der Waals surface area contributed by atoms with Gasteiger partial charge in [0.05, 0.1) is 6.34 Å². The molecular formula is C6H4Cl2N2S. The van der Waals surface area contributed by atoms with Gasteiger partial charge in [0.15, 0.2) is 0 Å². The number of hydrogen-bond donors (Lipinski definition) is 1. The highest BCUT2D eigenvalue weighted by Crippen LogP contribution is 2.41. The monoisotopic (exact) mass is 206 g/mol. The standard InChI is InChI=1S/C6H4Cl2N2S/c7-6(8)4-1-2-11-5(4)9-3-10-6/h1-3H,(H,9,10). The smallest absolute Gasteiger partial charge is 0.217 e. The topological polar surface area (TPSA) is 24.4 Å². The molecule has 58 valence electrons.